The van der Waals surface area contributed by atoms with Gasteiger partial charge in [0, 0.05) is 18.3 Å². The Hall–Kier alpha value is -0.120. The third-order valence-corrected chi connectivity index (χ3v) is 11.8. The number of aliphatic hydroxyl groups is 1. The number of hydrogen-bond donors (Lipinski definition) is 1. The SMILES string of the molecule is CC1CC[C@@]2(OC1)O[C@H]1C[C@H]3[C@@H]4CC[C@@H]5CCCC[C@]5(C)[C@H]4CC[C@]3(C)[C@H]1[C@@H]2CO. The van der Waals surface area contributed by atoms with E-state index in [2.05, 4.69) is 20.8 Å². The molecule has 4 aliphatic carbocycles. The summed E-state index contributed by atoms with van der Waals surface area (Å²) < 4.78 is 13.3. The number of fused-ring (bicyclic) bond motifs is 7. The molecule has 1 unspecified atom stereocenters. The predicted molar refractivity (Wildman–Crippen MR) is 118 cm³/mol. The van der Waals surface area contributed by atoms with Gasteiger partial charge in [-0.25, -0.2) is 0 Å². The van der Waals surface area contributed by atoms with E-state index >= 15 is 0 Å². The fourth-order valence-corrected chi connectivity index (χ4v) is 10.3. The minimum atomic E-state index is -0.492. The molecule has 2 heterocycles. The molecule has 3 nitrogen and oxygen atoms in total. The average molecular weight is 417 g/mol. The highest BCUT2D eigenvalue weighted by molar-refractivity contribution is 5.15. The van der Waals surface area contributed by atoms with Crippen molar-refractivity contribution >= 4 is 0 Å². The van der Waals surface area contributed by atoms with Crippen molar-refractivity contribution in [3.8, 4) is 0 Å². The van der Waals surface area contributed by atoms with Crippen LogP contribution >= 0.6 is 0 Å². The van der Waals surface area contributed by atoms with Crippen LogP contribution in [0.2, 0.25) is 0 Å². The Kier molecular flexibility index (Phi) is 4.74. The number of aliphatic hydroxyl groups excluding tert-OH is 1. The lowest BCUT2D eigenvalue weighted by atomic mass is 9.44. The van der Waals surface area contributed by atoms with Crippen molar-refractivity contribution in [3.05, 3.63) is 0 Å². The average Bonchev–Trinajstić information content (AvgIpc) is 3.20. The van der Waals surface area contributed by atoms with Gasteiger partial charge in [0.1, 0.15) is 0 Å². The largest absolute Gasteiger partial charge is 0.396 e. The number of rotatable bonds is 1. The van der Waals surface area contributed by atoms with Crippen LogP contribution in [0.3, 0.4) is 0 Å². The van der Waals surface area contributed by atoms with Gasteiger partial charge in [0.15, 0.2) is 5.79 Å². The highest BCUT2D eigenvalue weighted by atomic mass is 16.7. The van der Waals surface area contributed by atoms with Crippen LogP contribution < -0.4 is 0 Å². The standard InChI is InChI=1S/C27H44O3/c1-17-9-13-27(29-16-17)22(15-28)24-23(30-27)14-21-19-8-7-18-6-4-5-11-25(18,2)20(19)10-12-26(21,24)3/h17-24,28H,4-16H2,1-3H3/t17?,18-,19+,20-,21-,22-,23-,24-,25-,26-,27+/m0/s1. The summed E-state index contributed by atoms with van der Waals surface area (Å²) in [6, 6.07) is 0. The molecule has 2 aliphatic heterocycles. The van der Waals surface area contributed by atoms with Gasteiger partial charge in [0.25, 0.3) is 0 Å². The first kappa shape index (κ1) is 20.5. The Balaban J connectivity index is 1.29. The van der Waals surface area contributed by atoms with Crippen molar-refractivity contribution in [1.82, 2.24) is 0 Å². The van der Waals surface area contributed by atoms with E-state index in [0.29, 0.717) is 28.8 Å². The second-order valence-electron chi connectivity index (χ2n) is 12.9. The van der Waals surface area contributed by atoms with Gasteiger partial charge in [-0.05, 0) is 91.8 Å². The minimum Gasteiger partial charge on any atom is -0.396 e. The molecule has 6 rings (SSSR count). The van der Waals surface area contributed by atoms with Gasteiger partial charge in [-0.15, -0.1) is 0 Å². The van der Waals surface area contributed by atoms with E-state index in [0.717, 1.165) is 36.7 Å². The Bertz CT molecular complexity index is 669. The van der Waals surface area contributed by atoms with Gasteiger partial charge in [0.05, 0.1) is 19.3 Å². The molecule has 0 aromatic carbocycles. The minimum absolute atomic E-state index is 0.170. The predicted octanol–water partition coefficient (Wildman–Crippen LogP) is 5.80. The van der Waals surface area contributed by atoms with Crippen molar-refractivity contribution in [3.63, 3.8) is 0 Å². The Morgan fingerprint density at radius 1 is 0.900 bits per heavy atom. The molecule has 0 aromatic heterocycles. The van der Waals surface area contributed by atoms with Crippen LogP contribution in [0.5, 0.6) is 0 Å². The summed E-state index contributed by atoms with van der Waals surface area (Å²) in [5.41, 5.74) is 0.925. The van der Waals surface area contributed by atoms with E-state index in [4.69, 9.17) is 9.47 Å². The Morgan fingerprint density at radius 2 is 1.77 bits per heavy atom. The molecule has 1 spiro atoms. The molecule has 1 N–H and O–H groups in total. The van der Waals surface area contributed by atoms with Crippen molar-refractivity contribution in [1.29, 1.82) is 0 Å². The van der Waals surface area contributed by atoms with Crippen molar-refractivity contribution in [2.45, 2.75) is 103 Å². The van der Waals surface area contributed by atoms with Gasteiger partial charge in [-0.1, -0.05) is 33.6 Å². The zero-order chi connectivity index (χ0) is 20.7. The molecule has 6 fully saturated rings. The maximum absolute atomic E-state index is 10.6. The van der Waals surface area contributed by atoms with E-state index < -0.39 is 5.79 Å². The van der Waals surface area contributed by atoms with Crippen LogP contribution in [0.25, 0.3) is 0 Å². The molecule has 0 amide bonds. The van der Waals surface area contributed by atoms with Crippen LogP contribution in [0, 0.1) is 52.3 Å². The van der Waals surface area contributed by atoms with Gasteiger partial charge < -0.3 is 14.6 Å². The van der Waals surface area contributed by atoms with Crippen LogP contribution in [0.15, 0.2) is 0 Å². The molecular weight excluding hydrogens is 372 g/mol. The van der Waals surface area contributed by atoms with E-state index in [9.17, 15) is 5.11 Å². The molecule has 0 aromatic rings. The summed E-state index contributed by atoms with van der Waals surface area (Å²) in [5.74, 6) is 4.38. The highest BCUT2D eigenvalue weighted by Crippen LogP contribution is 2.71. The Morgan fingerprint density at radius 3 is 2.53 bits per heavy atom. The molecule has 4 saturated carbocycles. The quantitative estimate of drug-likeness (QED) is 0.587. The fraction of sp³-hybridized carbons (Fsp3) is 1.00. The van der Waals surface area contributed by atoms with Crippen LogP contribution in [-0.4, -0.2) is 30.2 Å². The second kappa shape index (κ2) is 6.94. The smallest absolute Gasteiger partial charge is 0.174 e. The van der Waals surface area contributed by atoms with Crippen LogP contribution in [-0.2, 0) is 9.47 Å². The van der Waals surface area contributed by atoms with Crippen LogP contribution in [0.1, 0.15) is 91.4 Å². The third-order valence-electron chi connectivity index (χ3n) is 11.8. The molecule has 2 saturated heterocycles. The summed E-state index contributed by atoms with van der Waals surface area (Å²) in [7, 11) is 0. The maximum atomic E-state index is 10.6. The van der Waals surface area contributed by atoms with E-state index in [1.165, 1.54) is 64.2 Å². The fourth-order valence-electron chi connectivity index (χ4n) is 10.3. The van der Waals surface area contributed by atoms with E-state index in [1.807, 2.05) is 0 Å². The maximum Gasteiger partial charge on any atom is 0.174 e. The molecule has 6 aliphatic rings. The van der Waals surface area contributed by atoms with E-state index in [-0.39, 0.29) is 12.5 Å². The first-order valence-corrected chi connectivity index (χ1v) is 13.3. The van der Waals surface area contributed by atoms with E-state index in [1.54, 1.807) is 0 Å². The lowest BCUT2D eigenvalue weighted by Crippen LogP contribution is -2.54. The number of hydrogen-bond acceptors (Lipinski definition) is 3. The molecular formula is C27H44O3. The molecule has 11 atom stereocenters. The highest BCUT2D eigenvalue weighted by Gasteiger charge is 2.69. The summed E-state index contributed by atoms with van der Waals surface area (Å²) in [6.07, 6.45) is 15.2. The van der Waals surface area contributed by atoms with Crippen LogP contribution in [0.4, 0.5) is 0 Å². The third kappa shape index (κ3) is 2.61. The van der Waals surface area contributed by atoms with Gasteiger partial charge in [-0.3, -0.25) is 0 Å². The zero-order valence-corrected chi connectivity index (χ0v) is 19.6. The van der Waals surface area contributed by atoms with Gasteiger partial charge in [0.2, 0.25) is 0 Å². The molecule has 0 bridgehead atoms. The summed E-state index contributed by atoms with van der Waals surface area (Å²) in [6.45, 7) is 8.55. The van der Waals surface area contributed by atoms with Gasteiger partial charge >= 0.3 is 0 Å². The topological polar surface area (TPSA) is 38.7 Å². The molecule has 30 heavy (non-hydrogen) atoms. The van der Waals surface area contributed by atoms with Crippen molar-refractivity contribution < 1.29 is 14.6 Å². The zero-order valence-electron chi connectivity index (χ0n) is 19.6. The first-order valence-electron chi connectivity index (χ1n) is 13.3. The molecule has 0 radical (unpaired) electrons. The van der Waals surface area contributed by atoms with Crippen molar-refractivity contribution in [2.75, 3.05) is 13.2 Å². The summed E-state index contributed by atoms with van der Waals surface area (Å²) >= 11 is 0. The Labute approximate surface area is 183 Å². The lowest BCUT2D eigenvalue weighted by molar-refractivity contribution is -0.278. The molecule has 170 valence electrons. The summed E-state index contributed by atoms with van der Waals surface area (Å²) in [4.78, 5) is 0. The molecule has 3 heteroatoms. The van der Waals surface area contributed by atoms with Crippen molar-refractivity contribution in [2.24, 2.45) is 52.3 Å². The monoisotopic (exact) mass is 416 g/mol. The second-order valence-corrected chi connectivity index (χ2v) is 12.9. The first-order chi connectivity index (χ1) is 14.4. The normalized spacial score (nSPS) is 60.0. The number of ether oxygens (including phenoxy) is 2. The van der Waals surface area contributed by atoms with Gasteiger partial charge in [-0.2, -0.15) is 0 Å². The summed E-state index contributed by atoms with van der Waals surface area (Å²) in [5, 5.41) is 10.6. The lowest BCUT2D eigenvalue weighted by Gasteiger charge is -2.61.